The molecule has 0 unspecified atom stereocenters. The molecule has 1 aliphatic rings. The zero-order valence-electron chi connectivity index (χ0n) is 11.9. The maximum Gasteiger partial charge on any atom is 0.237 e. The second-order valence-corrected chi connectivity index (χ2v) is 5.37. The van der Waals surface area contributed by atoms with Crippen LogP contribution in [0, 0.1) is 18.3 Å². The lowest BCUT2D eigenvalue weighted by atomic mass is 9.95. The fourth-order valence-electron chi connectivity index (χ4n) is 2.67. The van der Waals surface area contributed by atoms with Crippen molar-refractivity contribution in [2.45, 2.75) is 32.6 Å². The summed E-state index contributed by atoms with van der Waals surface area (Å²) >= 11 is 0. The highest BCUT2D eigenvalue weighted by Crippen LogP contribution is 2.30. The fraction of sp³-hybridized carbons (Fsp3) is 0.294. The van der Waals surface area contributed by atoms with E-state index < -0.39 is 0 Å². The van der Waals surface area contributed by atoms with Gasteiger partial charge in [-0.3, -0.25) is 0 Å². The van der Waals surface area contributed by atoms with Crippen LogP contribution < -0.4 is 4.74 Å². The van der Waals surface area contributed by atoms with Crippen LogP contribution in [0.5, 0.6) is 17.4 Å². The smallest absolute Gasteiger partial charge is 0.237 e. The summed E-state index contributed by atoms with van der Waals surface area (Å²) in [7, 11) is 0. The Kier molecular flexibility index (Phi) is 3.49. The molecule has 0 spiro atoms. The summed E-state index contributed by atoms with van der Waals surface area (Å²) in [5.41, 5.74) is 3.50. The number of ether oxygens (including phenoxy) is 1. The third-order valence-electron chi connectivity index (χ3n) is 3.64. The Balaban J connectivity index is 1.99. The SMILES string of the molecule is Cc1cc(O)cc(Oc2nc3c(cc2C#N)CCCC3)c1. The Morgan fingerprint density at radius 3 is 2.76 bits per heavy atom. The van der Waals surface area contributed by atoms with Crippen molar-refractivity contribution in [1.29, 1.82) is 5.26 Å². The third-order valence-corrected chi connectivity index (χ3v) is 3.64. The van der Waals surface area contributed by atoms with Crippen LogP contribution in [0.25, 0.3) is 0 Å². The summed E-state index contributed by atoms with van der Waals surface area (Å²) in [6.07, 6.45) is 4.17. The van der Waals surface area contributed by atoms with Gasteiger partial charge in [0.05, 0.1) is 0 Å². The molecule has 1 aromatic carbocycles. The minimum absolute atomic E-state index is 0.140. The van der Waals surface area contributed by atoms with Gasteiger partial charge in [-0.1, -0.05) is 0 Å². The van der Waals surface area contributed by atoms with Gasteiger partial charge in [-0.05, 0) is 61.9 Å². The number of rotatable bonds is 2. The molecule has 4 nitrogen and oxygen atoms in total. The van der Waals surface area contributed by atoms with Crippen molar-refractivity contribution in [3.8, 4) is 23.4 Å². The first kappa shape index (κ1) is 13.4. The highest BCUT2D eigenvalue weighted by atomic mass is 16.5. The lowest BCUT2D eigenvalue weighted by Crippen LogP contribution is -2.07. The highest BCUT2D eigenvalue weighted by molar-refractivity contribution is 5.46. The molecule has 106 valence electrons. The molecule has 0 radical (unpaired) electrons. The zero-order chi connectivity index (χ0) is 14.8. The summed E-state index contributed by atoms with van der Waals surface area (Å²) < 4.78 is 5.73. The lowest BCUT2D eigenvalue weighted by Gasteiger charge is -2.17. The monoisotopic (exact) mass is 280 g/mol. The summed E-state index contributed by atoms with van der Waals surface area (Å²) in [5.74, 6) is 0.955. The van der Waals surface area contributed by atoms with Gasteiger partial charge in [0.15, 0.2) is 0 Å². The number of aromatic hydroxyl groups is 1. The first-order valence-corrected chi connectivity index (χ1v) is 7.07. The van der Waals surface area contributed by atoms with Gasteiger partial charge < -0.3 is 9.84 Å². The van der Waals surface area contributed by atoms with Gasteiger partial charge in [-0.15, -0.1) is 0 Å². The van der Waals surface area contributed by atoms with Crippen molar-refractivity contribution >= 4 is 0 Å². The van der Waals surface area contributed by atoms with E-state index in [1.807, 2.05) is 19.1 Å². The summed E-state index contributed by atoms with van der Waals surface area (Å²) in [5, 5.41) is 18.9. The maximum atomic E-state index is 9.63. The predicted octanol–water partition coefficient (Wildman–Crippen LogP) is 3.64. The molecule has 0 amide bonds. The van der Waals surface area contributed by atoms with Crippen molar-refractivity contribution < 1.29 is 9.84 Å². The molecular weight excluding hydrogens is 264 g/mol. The number of aryl methyl sites for hydroxylation is 3. The number of benzene rings is 1. The number of pyridine rings is 1. The van der Waals surface area contributed by atoms with Crippen molar-refractivity contribution in [1.82, 2.24) is 4.98 Å². The fourth-order valence-corrected chi connectivity index (χ4v) is 2.67. The summed E-state index contributed by atoms with van der Waals surface area (Å²) in [6.45, 7) is 1.87. The van der Waals surface area contributed by atoms with Crippen LogP contribution in [-0.4, -0.2) is 10.1 Å². The van der Waals surface area contributed by atoms with E-state index in [1.54, 1.807) is 6.07 Å². The summed E-state index contributed by atoms with van der Waals surface area (Å²) in [4.78, 5) is 4.51. The van der Waals surface area contributed by atoms with Crippen molar-refractivity contribution in [2.24, 2.45) is 0 Å². The Bertz CT molecular complexity index is 712. The largest absolute Gasteiger partial charge is 0.508 e. The third kappa shape index (κ3) is 2.82. The number of nitrogens with zero attached hydrogens (tertiary/aromatic N) is 2. The molecule has 0 saturated heterocycles. The average Bonchev–Trinajstić information content (AvgIpc) is 2.45. The van der Waals surface area contributed by atoms with Crippen LogP contribution in [0.4, 0.5) is 0 Å². The van der Waals surface area contributed by atoms with E-state index in [4.69, 9.17) is 4.74 Å². The van der Waals surface area contributed by atoms with Gasteiger partial charge in [0, 0.05) is 11.8 Å². The van der Waals surface area contributed by atoms with Crippen LogP contribution in [0.3, 0.4) is 0 Å². The Hall–Kier alpha value is -2.54. The molecule has 21 heavy (non-hydrogen) atoms. The molecule has 1 N–H and O–H groups in total. The molecule has 1 heterocycles. The first-order valence-electron chi connectivity index (χ1n) is 7.07. The maximum absolute atomic E-state index is 9.63. The average molecular weight is 280 g/mol. The van der Waals surface area contributed by atoms with Gasteiger partial charge in [-0.25, -0.2) is 4.98 Å². The van der Waals surface area contributed by atoms with Crippen molar-refractivity contribution in [3.05, 3.63) is 46.6 Å². The van der Waals surface area contributed by atoms with E-state index in [0.717, 1.165) is 42.5 Å². The molecule has 0 fully saturated rings. The molecule has 0 atom stereocenters. The van der Waals surface area contributed by atoms with E-state index in [1.165, 1.54) is 6.07 Å². The molecule has 1 aliphatic carbocycles. The van der Waals surface area contributed by atoms with Gasteiger partial charge in [0.1, 0.15) is 23.1 Å². The molecule has 0 aliphatic heterocycles. The first-order chi connectivity index (χ1) is 10.2. The minimum atomic E-state index is 0.140. The van der Waals surface area contributed by atoms with Gasteiger partial charge in [0.25, 0.3) is 0 Å². The van der Waals surface area contributed by atoms with E-state index in [-0.39, 0.29) is 5.75 Å². The summed E-state index contributed by atoms with van der Waals surface area (Å²) in [6, 6.07) is 9.01. The molecule has 0 saturated carbocycles. The minimum Gasteiger partial charge on any atom is -0.508 e. The number of hydrogen-bond donors (Lipinski definition) is 1. The van der Waals surface area contributed by atoms with E-state index in [0.29, 0.717) is 17.2 Å². The molecule has 3 rings (SSSR count). The van der Waals surface area contributed by atoms with Crippen molar-refractivity contribution in [2.75, 3.05) is 0 Å². The van der Waals surface area contributed by atoms with Crippen LogP contribution in [0.1, 0.15) is 35.2 Å². The Morgan fingerprint density at radius 2 is 2.00 bits per heavy atom. The molecule has 4 heteroatoms. The number of phenols is 1. The quantitative estimate of drug-likeness (QED) is 0.912. The van der Waals surface area contributed by atoms with Gasteiger partial charge in [-0.2, -0.15) is 5.26 Å². The number of hydrogen-bond acceptors (Lipinski definition) is 4. The molecule has 1 aromatic heterocycles. The van der Waals surface area contributed by atoms with E-state index in [2.05, 4.69) is 11.1 Å². The topological polar surface area (TPSA) is 66.1 Å². The van der Waals surface area contributed by atoms with E-state index in [9.17, 15) is 10.4 Å². The van der Waals surface area contributed by atoms with Crippen molar-refractivity contribution in [3.63, 3.8) is 0 Å². The van der Waals surface area contributed by atoms with Crippen LogP contribution in [-0.2, 0) is 12.8 Å². The zero-order valence-corrected chi connectivity index (χ0v) is 11.9. The van der Waals surface area contributed by atoms with Crippen LogP contribution in [0.2, 0.25) is 0 Å². The molecule has 0 bridgehead atoms. The predicted molar refractivity (Wildman–Crippen MR) is 78.5 cm³/mol. The van der Waals surface area contributed by atoms with Crippen LogP contribution >= 0.6 is 0 Å². The molecular formula is C17H16N2O2. The lowest BCUT2D eigenvalue weighted by molar-refractivity contribution is 0.441. The molecule has 2 aromatic rings. The second-order valence-electron chi connectivity index (χ2n) is 5.37. The Labute approximate surface area is 123 Å². The Morgan fingerprint density at radius 1 is 1.19 bits per heavy atom. The number of nitriles is 1. The van der Waals surface area contributed by atoms with Crippen LogP contribution in [0.15, 0.2) is 24.3 Å². The van der Waals surface area contributed by atoms with Gasteiger partial charge >= 0.3 is 0 Å². The highest BCUT2D eigenvalue weighted by Gasteiger charge is 2.16. The number of aromatic nitrogens is 1. The number of phenolic OH excluding ortho intramolecular Hbond substituents is 1. The number of fused-ring (bicyclic) bond motifs is 1. The van der Waals surface area contributed by atoms with Gasteiger partial charge in [0.2, 0.25) is 5.88 Å². The second kappa shape index (κ2) is 5.45. The van der Waals surface area contributed by atoms with E-state index >= 15 is 0 Å². The normalized spacial score (nSPS) is 13.3. The standard InChI is InChI=1S/C17H16N2O2/c1-11-6-14(20)9-15(7-11)21-17-13(10-18)8-12-4-2-3-5-16(12)19-17/h6-9,20H,2-5H2,1H3.